The first-order chi connectivity index (χ1) is 12.3. The van der Waals surface area contributed by atoms with Crippen molar-refractivity contribution in [1.82, 2.24) is 19.3 Å². The molecule has 5 nitrogen and oxygen atoms in total. The fourth-order valence-corrected chi connectivity index (χ4v) is 3.53. The maximum absolute atomic E-state index is 13.5. The number of para-hydroxylation sites is 1. The van der Waals surface area contributed by atoms with Crippen LogP contribution in [0.5, 0.6) is 0 Å². The molecule has 0 aliphatic rings. The first-order valence-corrected chi connectivity index (χ1v) is 8.05. The minimum absolute atomic E-state index is 0.0715. The van der Waals surface area contributed by atoms with Crippen LogP contribution in [-0.2, 0) is 7.05 Å². The van der Waals surface area contributed by atoms with Gasteiger partial charge in [0.1, 0.15) is 0 Å². The van der Waals surface area contributed by atoms with Gasteiger partial charge >= 0.3 is 0 Å². The average Bonchev–Trinajstić information content (AvgIpc) is 3.18. The highest BCUT2D eigenvalue weighted by Crippen LogP contribution is 2.30. The monoisotopic (exact) mass is 326 g/mol. The zero-order chi connectivity index (χ0) is 17.0. The molecule has 5 aromatic rings. The SMILES string of the molecule is Cn1ncc2c1c1ccccc1n2C(=O)c1cccc2ncccc12. The van der Waals surface area contributed by atoms with Crippen LogP contribution in [0.1, 0.15) is 10.4 Å². The van der Waals surface area contributed by atoms with Gasteiger partial charge in [0.2, 0.25) is 0 Å². The van der Waals surface area contributed by atoms with E-state index in [2.05, 4.69) is 10.1 Å². The number of nitrogens with zero attached hydrogens (tertiary/aromatic N) is 4. The summed E-state index contributed by atoms with van der Waals surface area (Å²) in [6.45, 7) is 0. The summed E-state index contributed by atoms with van der Waals surface area (Å²) in [5.74, 6) is -0.0715. The second-order valence-electron chi connectivity index (χ2n) is 6.04. The van der Waals surface area contributed by atoms with Crippen molar-refractivity contribution in [2.45, 2.75) is 0 Å². The van der Waals surface area contributed by atoms with Crippen LogP contribution in [-0.4, -0.2) is 25.2 Å². The molecule has 0 N–H and O–H groups in total. The van der Waals surface area contributed by atoms with Crippen molar-refractivity contribution in [3.8, 4) is 0 Å². The quantitative estimate of drug-likeness (QED) is 0.471. The van der Waals surface area contributed by atoms with Gasteiger partial charge in [-0.2, -0.15) is 5.10 Å². The summed E-state index contributed by atoms with van der Waals surface area (Å²) in [6.07, 6.45) is 3.48. The molecule has 0 saturated carbocycles. The predicted octanol–water partition coefficient (Wildman–Crippen LogP) is 3.76. The number of fused-ring (bicyclic) bond motifs is 4. The van der Waals surface area contributed by atoms with Gasteiger partial charge in [-0.05, 0) is 24.3 Å². The molecule has 0 fully saturated rings. The van der Waals surface area contributed by atoms with Crippen LogP contribution < -0.4 is 0 Å². The minimum atomic E-state index is -0.0715. The molecule has 25 heavy (non-hydrogen) atoms. The zero-order valence-electron chi connectivity index (χ0n) is 13.5. The van der Waals surface area contributed by atoms with Crippen LogP contribution in [0.15, 0.2) is 67.0 Å². The van der Waals surface area contributed by atoms with Crippen molar-refractivity contribution in [3.05, 3.63) is 72.6 Å². The molecular formula is C20H14N4O. The fraction of sp³-hybridized carbons (Fsp3) is 0.0500. The van der Waals surface area contributed by atoms with Crippen molar-refractivity contribution in [2.24, 2.45) is 7.05 Å². The van der Waals surface area contributed by atoms with Crippen LogP contribution in [0.3, 0.4) is 0 Å². The highest BCUT2D eigenvalue weighted by atomic mass is 16.2. The maximum atomic E-state index is 13.5. The Balaban J connectivity index is 1.87. The Hall–Kier alpha value is -3.47. The van der Waals surface area contributed by atoms with Crippen LogP contribution >= 0.6 is 0 Å². The third-order valence-electron chi connectivity index (χ3n) is 4.64. The molecule has 3 heterocycles. The van der Waals surface area contributed by atoms with Gasteiger partial charge in [-0.3, -0.25) is 19.0 Å². The molecule has 0 bridgehead atoms. The van der Waals surface area contributed by atoms with E-state index >= 15 is 0 Å². The summed E-state index contributed by atoms with van der Waals surface area (Å²) >= 11 is 0. The van der Waals surface area contributed by atoms with E-state index in [0.29, 0.717) is 5.56 Å². The first-order valence-electron chi connectivity index (χ1n) is 8.05. The topological polar surface area (TPSA) is 52.7 Å². The average molecular weight is 326 g/mol. The van der Waals surface area contributed by atoms with E-state index in [9.17, 15) is 4.79 Å². The summed E-state index contributed by atoms with van der Waals surface area (Å²) < 4.78 is 3.56. The molecule has 0 radical (unpaired) electrons. The van der Waals surface area contributed by atoms with E-state index in [1.165, 1.54) is 0 Å². The largest absolute Gasteiger partial charge is 0.272 e. The number of hydrogen-bond donors (Lipinski definition) is 0. The number of carbonyl (C=O) groups is 1. The Morgan fingerprint density at radius 2 is 1.76 bits per heavy atom. The molecule has 0 aliphatic carbocycles. The second-order valence-corrected chi connectivity index (χ2v) is 6.04. The van der Waals surface area contributed by atoms with E-state index in [1.54, 1.807) is 17.0 Å². The van der Waals surface area contributed by atoms with Gasteiger partial charge in [0.25, 0.3) is 5.91 Å². The predicted molar refractivity (Wildman–Crippen MR) is 97.7 cm³/mol. The summed E-state index contributed by atoms with van der Waals surface area (Å²) in [4.78, 5) is 17.8. The minimum Gasteiger partial charge on any atom is -0.272 e. The van der Waals surface area contributed by atoms with Gasteiger partial charge in [0.05, 0.1) is 28.3 Å². The van der Waals surface area contributed by atoms with Gasteiger partial charge in [0.15, 0.2) is 0 Å². The summed E-state index contributed by atoms with van der Waals surface area (Å²) in [7, 11) is 1.89. The number of pyridine rings is 1. The van der Waals surface area contributed by atoms with Crippen LogP contribution in [0, 0.1) is 0 Å². The molecule has 3 aromatic heterocycles. The van der Waals surface area contributed by atoms with Crippen molar-refractivity contribution < 1.29 is 4.79 Å². The Morgan fingerprint density at radius 3 is 2.68 bits per heavy atom. The van der Waals surface area contributed by atoms with Gasteiger partial charge in [-0.15, -0.1) is 0 Å². The van der Waals surface area contributed by atoms with E-state index in [0.717, 1.165) is 32.8 Å². The molecule has 5 rings (SSSR count). The van der Waals surface area contributed by atoms with Crippen molar-refractivity contribution in [3.63, 3.8) is 0 Å². The molecule has 2 aromatic carbocycles. The molecule has 0 unspecified atom stereocenters. The Kier molecular flexibility index (Phi) is 2.79. The van der Waals surface area contributed by atoms with E-state index in [1.807, 2.05) is 66.3 Å². The van der Waals surface area contributed by atoms with Crippen molar-refractivity contribution in [1.29, 1.82) is 0 Å². The van der Waals surface area contributed by atoms with Gasteiger partial charge < -0.3 is 0 Å². The molecule has 120 valence electrons. The van der Waals surface area contributed by atoms with E-state index in [4.69, 9.17) is 0 Å². The lowest BCUT2D eigenvalue weighted by Gasteiger charge is -2.08. The molecule has 0 spiro atoms. The highest BCUT2D eigenvalue weighted by Gasteiger charge is 2.21. The first kappa shape index (κ1) is 13.9. The number of carbonyl (C=O) groups excluding carboxylic acids is 1. The summed E-state index contributed by atoms with van der Waals surface area (Å²) in [6, 6.07) is 17.3. The summed E-state index contributed by atoms with van der Waals surface area (Å²) in [5.41, 5.74) is 4.11. The number of rotatable bonds is 1. The third kappa shape index (κ3) is 1.86. The van der Waals surface area contributed by atoms with Gasteiger partial charge in [-0.1, -0.05) is 30.3 Å². The number of hydrogen-bond acceptors (Lipinski definition) is 3. The van der Waals surface area contributed by atoms with Gasteiger partial charge in [-0.25, -0.2) is 0 Å². The van der Waals surface area contributed by atoms with Gasteiger partial charge in [0, 0.05) is 29.6 Å². The third-order valence-corrected chi connectivity index (χ3v) is 4.64. The van der Waals surface area contributed by atoms with E-state index in [-0.39, 0.29) is 5.91 Å². The lowest BCUT2D eigenvalue weighted by Crippen LogP contribution is -2.12. The zero-order valence-corrected chi connectivity index (χ0v) is 13.5. The maximum Gasteiger partial charge on any atom is 0.263 e. The van der Waals surface area contributed by atoms with Crippen LogP contribution in [0.25, 0.3) is 32.8 Å². The second kappa shape index (κ2) is 5.01. The summed E-state index contributed by atoms with van der Waals surface area (Å²) in [5, 5.41) is 6.21. The molecule has 0 aliphatic heterocycles. The van der Waals surface area contributed by atoms with E-state index < -0.39 is 0 Å². The van der Waals surface area contributed by atoms with Crippen LogP contribution in [0.2, 0.25) is 0 Å². The van der Waals surface area contributed by atoms with Crippen molar-refractivity contribution in [2.75, 3.05) is 0 Å². The lowest BCUT2D eigenvalue weighted by atomic mass is 10.1. The Bertz CT molecular complexity index is 1270. The molecule has 0 atom stereocenters. The lowest BCUT2D eigenvalue weighted by molar-refractivity contribution is 0.0971. The number of benzene rings is 2. The number of aromatic nitrogens is 4. The molecule has 5 heteroatoms. The standard InChI is InChI=1S/C20H14N4O/c1-23-19-15-6-2-3-10-17(15)24(18(19)12-22-23)20(25)14-7-4-9-16-13(14)8-5-11-21-16/h2-12H,1H3. The molecule has 0 amide bonds. The Morgan fingerprint density at radius 1 is 0.920 bits per heavy atom. The smallest absolute Gasteiger partial charge is 0.263 e. The van der Waals surface area contributed by atoms with Crippen LogP contribution in [0.4, 0.5) is 0 Å². The van der Waals surface area contributed by atoms with Crippen molar-refractivity contribution >= 4 is 38.7 Å². The highest BCUT2D eigenvalue weighted by molar-refractivity contribution is 6.17. The Labute approximate surface area is 143 Å². The fourth-order valence-electron chi connectivity index (χ4n) is 3.53. The molecular weight excluding hydrogens is 312 g/mol. The molecule has 0 saturated heterocycles. The normalized spacial score (nSPS) is 11.6. The number of aryl methyl sites for hydroxylation is 1.